The molecule has 6 heteroatoms. The average molecular weight is 323 g/mol. The van der Waals surface area contributed by atoms with Gasteiger partial charge in [0.2, 0.25) is 5.91 Å². The monoisotopic (exact) mass is 323 g/mol. The van der Waals surface area contributed by atoms with Crippen LogP contribution in [0.4, 0.5) is 0 Å². The molecule has 2 aliphatic heterocycles. The van der Waals surface area contributed by atoms with E-state index in [1.54, 1.807) is 0 Å². The van der Waals surface area contributed by atoms with E-state index < -0.39 is 0 Å². The quantitative estimate of drug-likeness (QED) is 0.886. The Labute approximate surface area is 136 Å². The summed E-state index contributed by atoms with van der Waals surface area (Å²) in [5, 5.41) is 3.50. The molecule has 2 atom stereocenters. The van der Waals surface area contributed by atoms with E-state index in [0.717, 1.165) is 45.8 Å². The van der Waals surface area contributed by atoms with Crippen molar-refractivity contribution < 1.29 is 9.53 Å². The number of likely N-dealkylation sites (tertiary alicyclic amines) is 1. The van der Waals surface area contributed by atoms with Crippen molar-refractivity contribution >= 4 is 17.2 Å². The molecule has 1 N–H and O–H groups in total. The highest BCUT2D eigenvalue weighted by Gasteiger charge is 2.31. The first-order valence-corrected chi connectivity index (χ1v) is 8.83. The molecule has 0 saturated carbocycles. The van der Waals surface area contributed by atoms with E-state index in [4.69, 9.17) is 4.74 Å². The Morgan fingerprint density at radius 3 is 2.73 bits per heavy atom. The van der Waals surface area contributed by atoms with E-state index in [1.807, 2.05) is 23.3 Å². The molecule has 1 aromatic rings. The van der Waals surface area contributed by atoms with Gasteiger partial charge < -0.3 is 15.0 Å². The van der Waals surface area contributed by atoms with E-state index in [2.05, 4.69) is 29.3 Å². The van der Waals surface area contributed by atoms with Crippen LogP contribution in [0.3, 0.4) is 0 Å². The third kappa shape index (κ3) is 3.51. The summed E-state index contributed by atoms with van der Waals surface area (Å²) in [7, 11) is 1.88. The van der Waals surface area contributed by atoms with Crippen LogP contribution in [0.2, 0.25) is 0 Å². The molecule has 22 heavy (non-hydrogen) atoms. The Hall–Kier alpha value is -0.950. The molecule has 2 fully saturated rings. The summed E-state index contributed by atoms with van der Waals surface area (Å²) in [6, 6.07) is 4.72. The highest BCUT2D eigenvalue weighted by molar-refractivity contribution is 7.12. The fourth-order valence-corrected chi connectivity index (χ4v) is 4.21. The molecule has 0 spiro atoms. The fourth-order valence-electron chi connectivity index (χ4n) is 3.20. The van der Waals surface area contributed by atoms with Crippen molar-refractivity contribution in [1.82, 2.24) is 15.1 Å². The second-order valence-corrected chi connectivity index (χ2v) is 7.44. The van der Waals surface area contributed by atoms with Gasteiger partial charge in [-0.1, -0.05) is 0 Å². The summed E-state index contributed by atoms with van der Waals surface area (Å²) in [6.07, 6.45) is 0.911. The Kier molecular flexibility index (Phi) is 5.13. The molecular formula is C16H25N3O2S. The van der Waals surface area contributed by atoms with E-state index in [1.165, 1.54) is 9.75 Å². The highest BCUT2D eigenvalue weighted by atomic mass is 32.1. The molecule has 1 aromatic heterocycles. The molecule has 3 heterocycles. The smallest absolute Gasteiger partial charge is 0.239 e. The second-order valence-electron chi connectivity index (χ2n) is 6.12. The maximum atomic E-state index is 12.1. The number of thiophene rings is 1. The van der Waals surface area contributed by atoms with Crippen LogP contribution in [-0.2, 0) is 9.53 Å². The lowest BCUT2D eigenvalue weighted by molar-refractivity contribution is -0.128. The fraction of sp³-hybridized carbons (Fsp3) is 0.688. The number of nitrogens with zero attached hydrogens (tertiary/aromatic N) is 2. The van der Waals surface area contributed by atoms with Crippen LogP contribution in [-0.4, -0.2) is 68.2 Å². The first kappa shape index (κ1) is 15.9. The molecule has 2 saturated heterocycles. The number of hydrogen-bond acceptors (Lipinski definition) is 5. The van der Waals surface area contributed by atoms with Crippen molar-refractivity contribution in [2.75, 3.05) is 46.4 Å². The Bertz CT molecular complexity index is 513. The first-order chi connectivity index (χ1) is 10.6. The molecule has 0 radical (unpaired) electrons. The van der Waals surface area contributed by atoms with E-state index in [9.17, 15) is 4.79 Å². The third-order valence-electron chi connectivity index (χ3n) is 4.56. The summed E-state index contributed by atoms with van der Waals surface area (Å²) < 4.78 is 5.48. The van der Waals surface area contributed by atoms with Gasteiger partial charge in [0, 0.05) is 43.0 Å². The van der Waals surface area contributed by atoms with Crippen molar-refractivity contribution in [2.45, 2.75) is 25.4 Å². The molecule has 0 bridgehead atoms. The van der Waals surface area contributed by atoms with Crippen LogP contribution in [0.5, 0.6) is 0 Å². The first-order valence-electron chi connectivity index (χ1n) is 8.01. The maximum Gasteiger partial charge on any atom is 0.239 e. The average Bonchev–Trinajstić information content (AvgIpc) is 3.09. The van der Waals surface area contributed by atoms with Gasteiger partial charge in [-0.3, -0.25) is 9.69 Å². The zero-order valence-corrected chi connectivity index (χ0v) is 14.2. The summed E-state index contributed by atoms with van der Waals surface area (Å²) >= 11 is 1.86. The van der Waals surface area contributed by atoms with Gasteiger partial charge in [-0.2, -0.15) is 0 Å². The summed E-state index contributed by atoms with van der Waals surface area (Å²) in [5.74, 6) is 0.225. The normalized spacial score (nSPS) is 24.9. The molecule has 122 valence electrons. The van der Waals surface area contributed by atoms with Gasteiger partial charge >= 0.3 is 0 Å². The van der Waals surface area contributed by atoms with Crippen molar-refractivity contribution in [2.24, 2.45) is 0 Å². The summed E-state index contributed by atoms with van der Waals surface area (Å²) in [5.41, 5.74) is 0. The predicted octanol–water partition coefficient (Wildman–Crippen LogP) is 1.25. The minimum Gasteiger partial charge on any atom is -0.379 e. The summed E-state index contributed by atoms with van der Waals surface area (Å²) in [6.45, 7) is 7.34. The van der Waals surface area contributed by atoms with Gasteiger partial charge in [-0.05, 0) is 25.5 Å². The lowest BCUT2D eigenvalue weighted by atomic mass is 10.1. The molecule has 5 nitrogen and oxygen atoms in total. The standard InChI is InChI=1S/C16H25N3O2S/c1-12-3-4-15(22-12)14(19-7-9-21-10-8-19)11-17-13-5-6-18(2)16(13)20/h3-4,13-14,17H,5-11H2,1-2H3/t13-,14+/m1/s1. The van der Waals surface area contributed by atoms with Crippen molar-refractivity contribution in [3.63, 3.8) is 0 Å². The summed E-state index contributed by atoms with van der Waals surface area (Å²) in [4.78, 5) is 19.1. The van der Waals surface area contributed by atoms with E-state index in [0.29, 0.717) is 6.04 Å². The Morgan fingerprint density at radius 2 is 2.14 bits per heavy atom. The minimum absolute atomic E-state index is 0.0189. The number of hydrogen-bond donors (Lipinski definition) is 1. The van der Waals surface area contributed by atoms with E-state index >= 15 is 0 Å². The molecule has 2 aliphatic rings. The molecule has 0 aliphatic carbocycles. The van der Waals surface area contributed by atoms with Crippen LogP contribution < -0.4 is 5.32 Å². The Morgan fingerprint density at radius 1 is 1.36 bits per heavy atom. The third-order valence-corrected chi connectivity index (χ3v) is 5.66. The largest absolute Gasteiger partial charge is 0.379 e. The molecule has 0 unspecified atom stereocenters. The van der Waals surface area contributed by atoms with Gasteiger partial charge in [0.25, 0.3) is 0 Å². The van der Waals surface area contributed by atoms with Crippen LogP contribution in [0.1, 0.15) is 22.2 Å². The lowest BCUT2D eigenvalue weighted by Gasteiger charge is -2.34. The van der Waals surface area contributed by atoms with Gasteiger partial charge in [-0.15, -0.1) is 11.3 Å². The van der Waals surface area contributed by atoms with Crippen molar-refractivity contribution in [1.29, 1.82) is 0 Å². The van der Waals surface area contributed by atoms with Crippen molar-refractivity contribution in [3.8, 4) is 0 Å². The number of likely N-dealkylation sites (N-methyl/N-ethyl adjacent to an activating group) is 1. The van der Waals surface area contributed by atoms with Gasteiger partial charge in [0.15, 0.2) is 0 Å². The number of carbonyl (C=O) groups is 1. The number of rotatable bonds is 5. The highest BCUT2D eigenvalue weighted by Crippen LogP contribution is 2.28. The lowest BCUT2D eigenvalue weighted by Crippen LogP contribution is -2.46. The number of ether oxygens (including phenoxy) is 1. The number of morpholine rings is 1. The number of nitrogens with one attached hydrogen (secondary N) is 1. The molecule has 0 aromatic carbocycles. The molecule has 1 amide bonds. The van der Waals surface area contributed by atoms with Gasteiger partial charge in [0.05, 0.1) is 25.3 Å². The second kappa shape index (κ2) is 7.08. The predicted molar refractivity (Wildman–Crippen MR) is 88.2 cm³/mol. The maximum absolute atomic E-state index is 12.1. The molecule has 3 rings (SSSR count). The van der Waals surface area contributed by atoms with Crippen LogP contribution in [0.25, 0.3) is 0 Å². The van der Waals surface area contributed by atoms with Crippen LogP contribution in [0, 0.1) is 6.92 Å². The minimum atomic E-state index is -0.0189. The SMILES string of the molecule is Cc1ccc([C@H](CN[C@@H]2CCN(C)C2=O)N2CCOCC2)s1. The zero-order valence-electron chi connectivity index (χ0n) is 13.4. The van der Waals surface area contributed by atoms with Crippen LogP contribution in [0.15, 0.2) is 12.1 Å². The molecular weight excluding hydrogens is 298 g/mol. The number of amides is 1. The van der Waals surface area contributed by atoms with Gasteiger partial charge in [0.1, 0.15) is 0 Å². The van der Waals surface area contributed by atoms with Crippen LogP contribution >= 0.6 is 11.3 Å². The topological polar surface area (TPSA) is 44.8 Å². The van der Waals surface area contributed by atoms with Gasteiger partial charge in [-0.25, -0.2) is 0 Å². The number of aryl methyl sites for hydroxylation is 1. The van der Waals surface area contributed by atoms with Crippen molar-refractivity contribution in [3.05, 3.63) is 21.9 Å². The Balaban J connectivity index is 1.67. The van der Waals surface area contributed by atoms with E-state index in [-0.39, 0.29) is 11.9 Å². The zero-order chi connectivity index (χ0) is 15.5. The number of carbonyl (C=O) groups excluding carboxylic acids is 1.